The number of alkyl halides is 3. The quantitative estimate of drug-likeness (QED) is 0.462. The van der Waals surface area contributed by atoms with E-state index in [4.69, 9.17) is 0 Å². The molecule has 2 aliphatic rings. The molecule has 0 bridgehead atoms. The SMILES string of the molecule is O=C(NC(c1ccc(C(F)(F)F)cc1F)C1CC1)[C@H]1CCCN1C(=O)c1cccc(-c2cn[nH]c2)c1. The first-order valence-corrected chi connectivity index (χ1v) is 11.8. The highest BCUT2D eigenvalue weighted by Crippen LogP contribution is 2.43. The summed E-state index contributed by atoms with van der Waals surface area (Å²) < 4.78 is 53.6. The van der Waals surface area contributed by atoms with E-state index in [1.165, 1.54) is 4.90 Å². The average molecular weight is 500 g/mol. The molecular weight excluding hydrogens is 476 g/mol. The van der Waals surface area contributed by atoms with Gasteiger partial charge >= 0.3 is 6.18 Å². The lowest BCUT2D eigenvalue weighted by atomic mass is 9.99. The van der Waals surface area contributed by atoms with E-state index in [2.05, 4.69) is 15.5 Å². The van der Waals surface area contributed by atoms with Crippen LogP contribution in [0.15, 0.2) is 54.9 Å². The molecule has 1 saturated carbocycles. The van der Waals surface area contributed by atoms with Crippen LogP contribution < -0.4 is 5.32 Å². The number of carbonyl (C=O) groups is 2. The summed E-state index contributed by atoms with van der Waals surface area (Å²) in [5, 5.41) is 9.50. The van der Waals surface area contributed by atoms with Crippen molar-refractivity contribution in [2.45, 2.75) is 43.9 Å². The Bertz CT molecular complexity index is 1270. The number of likely N-dealkylation sites (tertiary alicyclic amines) is 1. The van der Waals surface area contributed by atoms with Gasteiger partial charge < -0.3 is 10.2 Å². The van der Waals surface area contributed by atoms with Crippen molar-refractivity contribution in [3.8, 4) is 11.1 Å². The zero-order chi connectivity index (χ0) is 25.4. The first-order chi connectivity index (χ1) is 17.2. The summed E-state index contributed by atoms with van der Waals surface area (Å²) in [6.07, 6.45) is 1.26. The lowest BCUT2D eigenvalue weighted by Crippen LogP contribution is -2.47. The third-order valence-corrected chi connectivity index (χ3v) is 6.81. The van der Waals surface area contributed by atoms with Crippen LogP contribution in [0.1, 0.15) is 53.2 Å². The summed E-state index contributed by atoms with van der Waals surface area (Å²) in [5.41, 5.74) is 1.02. The van der Waals surface area contributed by atoms with Crippen LogP contribution in [0.25, 0.3) is 11.1 Å². The van der Waals surface area contributed by atoms with Crippen LogP contribution in [0.2, 0.25) is 0 Å². The minimum absolute atomic E-state index is 0.0301. The van der Waals surface area contributed by atoms with Gasteiger partial charge in [0.15, 0.2) is 0 Å². The Labute approximate surface area is 204 Å². The van der Waals surface area contributed by atoms with Crippen molar-refractivity contribution in [3.05, 3.63) is 77.4 Å². The van der Waals surface area contributed by atoms with Crippen LogP contribution in [0, 0.1) is 11.7 Å². The minimum Gasteiger partial charge on any atom is -0.347 e. The monoisotopic (exact) mass is 500 g/mol. The Kier molecular flexibility index (Phi) is 6.27. The van der Waals surface area contributed by atoms with Gasteiger partial charge in [-0.3, -0.25) is 14.7 Å². The molecule has 1 aliphatic heterocycles. The van der Waals surface area contributed by atoms with Gasteiger partial charge in [-0.2, -0.15) is 18.3 Å². The maximum Gasteiger partial charge on any atom is 0.416 e. The van der Waals surface area contributed by atoms with Crippen molar-refractivity contribution in [2.75, 3.05) is 6.54 Å². The summed E-state index contributed by atoms with van der Waals surface area (Å²) in [6, 6.07) is 7.95. The molecule has 3 aromatic rings. The smallest absolute Gasteiger partial charge is 0.347 e. The number of carbonyl (C=O) groups excluding carboxylic acids is 2. The van der Waals surface area contributed by atoms with E-state index in [0.717, 1.165) is 36.1 Å². The number of hydrogen-bond donors (Lipinski definition) is 2. The topological polar surface area (TPSA) is 78.1 Å². The molecule has 6 nitrogen and oxygen atoms in total. The molecular formula is C26H24F4N4O2. The van der Waals surface area contributed by atoms with Crippen LogP contribution in [0.3, 0.4) is 0 Å². The van der Waals surface area contributed by atoms with E-state index in [-0.39, 0.29) is 17.4 Å². The standard InChI is InChI=1S/C26H24F4N4O2/c27-21-12-19(26(28,29)30)8-9-20(21)23(15-6-7-15)33-24(35)22-5-2-10-34(22)25(36)17-4-1-3-16(11-17)18-13-31-32-14-18/h1,3-4,8-9,11-15,22-23H,2,5-7,10H2,(H,31,32)(H,33,35)/t22-,23?/m1/s1. The van der Waals surface area contributed by atoms with E-state index in [1.54, 1.807) is 30.6 Å². The van der Waals surface area contributed by atoms with Crippen LogP contribution in [0.5, 0.6) is 0 Å². The Morgan fingerprint density at radius 1 is 1.08 bits per heavy atom. The number of rotatable bonds is 6. The molecule has 2 fully saturated rings. The summed E-state index contributed by atoms with van der Waals surface area (Å²) in [6.45, 7) is 0.398. The average Bonchev–Trinajstić information content (AvgIpc) is 3.32. The second-order valence-corrected chi connectivity index (χ2v) is 9.28. The highest BCUT2D eigenvalue weighted by molar-refractivity contribution is 5.99. The van der Waals surface area contributed by atoms with E-state index in [1.807, 2.05) is 6.07 Å². The minimum atomic E-state index is -4.66. The molecule has 0 radical (unpaired) electrons. The van der Waals surface area contributed by atoms with Crippen molar-refractivity contribution >= 4 is 11.8 Å². The molecule has 2 aromatic carbocycles. The Balaban J connectivity index is 1.34. The van der Waals surface area contributed by atoms with Crippen molar-refractivity contribution in [1.82, 2.24) is 20.4 Å². The maximum absolute atomic E-state index is 14.7. The summed E-state index contributed by atoms with van der Waals surface area (Å²) >= 11 is 0. The predicted octanol–water partition coefficient (Wildman–Crippen LogP) is 5.11. The highest BCUT2D eigenvalue weighted by Gasteiger charge is 2.40. The molecule has 2 atom stereocenters. The fourth-order valence-corrected chi connectivity index (χ4v) is 4.77. The number of amides is 2. The third-order valence-electron chi connectivity index (χ3n) is 6.81. The van der Waals surface area contributed by atoms with Gasteiger partial charge in [-0.1, -0.05) is 18.2 Å². The number of aromatic amines is 1. The van der Waals surface area contributed by atoms with Gasteiger partial charge in [-0.15, -0.1) is 0 Å². The molecule has 36 heavy (non-hydrogen) atoms. The second kappa shape index (κ2) is 9.40. The van der Waals surface area contributed by atoms with E-state index in [0.29, 0.717) is 31.0 Å². The first kappa shape index (κ1) is 24.0. The van der Waals surface area contributed by atoms with Crippen LogP contribution in [-0.4, -0.2) is 39.5 Å². The van der Waals surface area contributed by atoms with Gasteiger partial charge in [-0.25, -0.2) is 4.39 Å². The lowest BCUT2D eigenvalue weighted by molar-refractivity contribution is -0.137. The van der Waals surface area contributed by atoms with Crippen molar-refractivity contribution in [2.24, 2.45) is 5.92 Å². The largest absolute Gasteiger partial charge is 0.416 e. The summed E-state index contributed by atoms with van der Waals surface area (Å²) in [4.78, 5) is 28.1. The lowest BCUT2D eigenvalue weighted by Gasteiger charge is -2.27. The van der Waals surface area contributed by atoms with E-state index < -0.39 is 35.5 Å². The molecule has 1 aromatic heterocycles. The highest BCUT2D eigenvalue weighted by atomic mass is 19.4. The number of hydrogen-bond acceptors (Lipinski definition) is 3. The molecule has 188 valence electrons. The molecule has 1 aliphatic carbocycles. The van der Waals surface area contributed by atoms with Gasteiger partial charge in [0.2, 0.25) is 5.91 Å². The fourth-order valence-electron chi connectivity index (χ4n) is 4.77. The van der Waals surface area contributed by atoms with Gasteiger partial charge in [0, 0.05) is 29.4 Å². The van der Waals surface area contributed by atoms with Gasteiger partial charge in [0.25, 0.3) is 5.91 Å². The first-order valence-electron chi connectivity index (χ1n) is 11.8. The van der Waals surface area contributed by atoms with Crippen LogP contribution in [-0.2, 0) is 11.0 Å². The third kappa shape index (κ3) is 4.84. The van der Waals surface area contributed by atoms with E-state index >= 15 is 0 Å². The molecule has 10 heteroatoms. The molecule has 2 heterocycles. The summed E-state index contributed by atoms with van der Waals surface area (Å²) in [5.74, 6) is -1.78. The number of H-pyrrole nitrogens is 1. The molecule has 1 saturated heterocycles. The summed E-state index contributed by atoms with van der Waals surface area (Å²) in [7, 11) is 0. The molecule has 2 amide bonds. The zero-order valence-electron chi connectivity index (χ0n) is 19.2. The number of halogens is 4. The normalized spacial score (nSPS) is 18.8. The number of benzene rings is 2. The zero-order valence-corrected chi connectivity index (χ0v) is 19.2. The Morgan fingerprint density at radius 3 is 2.56 bits per heavy atom. The van der Waals surface area contributed by atoms with Crippen molar-refractivity contribution in [1.29, 1.82) is 0 Å². The maximum atomic E-state index is 14.7. The number of nitrogens with one attached hydrogen (secondary N) is 2. The van der Waals surface area contributed by atoms with Gasteiger partial charge in [0.1, 0.15) is 11.9 Å². The fraction of sp³-hybridized carbons (Fsp3) is 0.346. The van der Waals surface area contributed by atoms with Gasteiger partial charge in [0.05, 0.1) is 17.8 Å². The van der Waals surface area contributed by atoms with Crippen LogP contribution >= 0.6 is 0 Å². The van der Waals surface area contributed by atoms with Gasteiger partial charge in [-0.05, 0) is 61.4 Å². The van der Waals surface area contributed by atoms with E-state index in [9.17, 15) is 27.2 Å². The molecule has 2 N–H and O–H groups in total. The number of aromatic nitrogens is 2. The predicted molar refractivity (Wildman–Crippen MR) is 123 cm³/mol. The Hall–Kier alpha value is -3.69. The van der Waals surface area contributed by atoms with Crippen LogP contribution in [0.4, 0.5) is 17.6 Å². The molecule has 5 rings (SSSR count). The van der Waals surface area contributed by atoms with Crippen molar-refractivity contribution in [3.63, 3.8) is 0 Å². The van der Waals surface area contributed by atoms with Crippen molar-refractivity contribution < 1.29 is 27.2 Å². The second-order valence-electron chi connectivity index (χ2n) is 9.28. The number of nitrogens with zero attached hydrogens (tertiary/aromatic N) is 2. The molecule has 0 spiro atoms. The molecule has 1 unspecified atom stereocenters. The Morgan fingerprint density at radius 2 is 1.89 bits per heavy atom.